The van der Waals surface area contributed by atoms with Crippen molar-refractivity contribution in [1.82, 2.24) is 10.6 Å². The van der Waals surface area contributed by atoms with Gasteiger partial charge < -0.3 is 20.1 Å². The first kappa shape index (κ1) is 24.7. The number of carbonyl (C=O) groups excluding carboxylic acids is 3. The van der Waals surface area contributed by atoms with E-state index in [0.717, 1.165) is 27.8 Å². The van der Waals surface area contributed by atoms with Gasteiger partial charge in [-0.3, -0.25) is 9.59 Å². The van der Waals surface area contributed by atoms with Crippen molar-refractivity contribution in [3.05, 3.63) is 108 Å². The lowest BCUT2D eigenvalue weighted by molar-refractivity contribution is -0.144. The molecule has 0 spiro atoms. The highest BCUT2D eigenvalue weighted by Gasteiger charge is 2.30. The monoisotopic (exact) mass is 484 g/mol. The zero-order valence-electron chi connectivity index (χ0n) is 19.8. The number of rotatable bonds is 10. The highest BCUT2D eigenvalue weighted by atomic mass is 16.5. The second kappa shape index (κ2) is 11.8. The predicted octanol–water partition coefficient (Wildman–Crippen LogP) is 4.33. The van der Waals surface area contributed by atoms with Gasteiger partial charge in [0.1, 0.15) is 19.3 Å². The van der Waals surface area contributed by atoms with Crippen molar-refractivity contribution in [2.24, 2.45) is 0 Å². The van der Waals surface area contributed by atoms with Gasteiger partial charge in [0.2, 0.25) is 5.91 Å². The number of esters is 1. The van der Waals surface area contributed by atoms with E-state index in [4.69, 9.17) is 9.47 Å². The summed E-state index contributed by atoms with van der Waals surface area (Å²) < 4.78 is 10.6. The van der Waals surface area contributed by atoms with Gasteiger partial charge in [-0.15, -0.1) is 0 Å². The van der Waals surface area contributed by atoms with Crippen LogP contribution in [0.4, 0.5) is 4.79 Å². The molecule has 4 rings (SSSR count). The fraction of sp³-hybridized carbons (Fsp3) is 0.207. The van der Waals surface area contributed by atoms with Crippen molar-refractivity contribution in [3.63, 3.8) is 0 Å². The normalized spacial score (nSPS) is 12.6. The number of alkyl carbamates (subject to hydrolysis) is 1. The smallest absolute Gasteiger partial charge is 0.407 e. The largest absolute Gasteiger partial charge is 0.461 e. The first-order chi connectivity index (χ1) is 17.6. The average molecular weight is 485 g/mol. The molecule has 1 aliphatic rings. The van der Waals surface area contributed by atoms with Gasteiger partial charge in [0.05, 0.1) is 6.42 Å². The zero-order chi connectivity index (χ0) is 25.3. The van der Waals surface area contributed by atoms with Crippen molar-refractivity contribution >= 4 is 18.0 Å². The summed E-state index contributed by atoms with van der Waals surface area (Å²) in [5.41, 5.74) is 5.28. The molecule has 0 unspecified atom stereocenters. The van der Waals surface area contributed by atoms with E-state index in [1.54, 1.807) is 0 Å². The van der Waals surface area contributed by atoms with Crippen molar-refractivity contribution in [1.29, 1.82) is 0 Å². The van der Waals surface area contributed by atoms with Crippen LogP contribution in [0.1, 0.15) is 29.0 Å². The van der Waals surface area contributed by atoms with Crippen LogP contribution >= 0.6 is 0 Å². The Bertz CT molecular complexity index is 1200. The summed E-state index contributed by atoms with van der Waals surface area (Å²) in [7, 11) is 0. The van der Waals surface area contributed by atoms with E-state index in [2.05, 4.69) is 29.3 Å². The quantitative estimate of drug-likeness (QED) is 0.330. The zero-order valence-corrected chi connectivity index (χ0v) is 19.8. The fourth-order valence-corrected chi connectivity index (χ4v) is 4.28. The molecule has 0 radical (unpaired) electrons. The highest BCUT2D eigenvalue weighted by molar-refractivity contribution is 5.89. The molecule has 2 N–H and O–H groups in total. The molecule has 0 aromatic heterocycles. The third kappa shape index (κ3) is 5.99. The van der Waals surface area contributed by atoms with E-state index in [-0.39, 0.29) is 32.1 Å². The Morgan fingerprint density at radius 1 is 0.861 bits per heavy atom. The molecule has 0 fully saturated rings. The molecule has 0 aliphatic heterocycles. The maximum atomic E-state index is 12.8. The molecular formula is C29H28N2O5. The summed E-state index contributed by atoms with van der Waals surface area (Å²) in [5.74, 6) is -1.26. The third-order valence-electron chi connectivity index (χ3n) is 5.99. The van der Waals surface area contributed by atoms with E-state index in [0.29, 0.717) is 0 Å². The molecule has 0 saturated carbocycles. The fourth-order valence-electron chi connectivity index (χ4n) is 4.28. The molecule has 36 heavy (non-hydrogen) atoms. The van der Waals surface area contributed by atoms with Gasteiger partial charge in [-0.25, -0.2) is 4.79 Å². The summed E-state index contributed by atoms with van der Waals surface area (Å²) in [4.78, 5) is 37.7. The summed E-state index contributed by atoms with van der Waals surface area (Å²) in [6, 6.07) is 24.2. The topological polar surface area (TPSA) is 93.7 Å². The number of hydrogen-bond donors (Lipinski definition) is 2. The average Bonchev–Trinajstić information content (AvgIpc) is 3.23. The molecule has 7 nitrogen and oxygen atoms in total. The lowest BCUT2D eigenvalue weighted by Gasteiger charge is -2.19. The van der Waals surface area contributed by atoms with Crippen LogP contribution in [0.5, 0.6) is 0 Å². The van der Waals surface area contributed by atoms with E-state index in [9.17, 15) is 14.4 Å². The summed E-state index contributed by atoms with van der Waals surface area (Å²) in [6.07, 6.45) is 0.313. The van der Waals surface area contributed by atoms with Crippen molar-refractivity contribution in [3.8, 4) is 11.1 Å². The minimum atomic E-state index is -1.15. The number of fused-ring (bicyclic) bond motifs is 3. The molecule has 0 heterocycles. The van der Waals surface area contributed by atoms with Crippen LogP contribution in [0.25, 0.3) is 11.1 Å². The van der Waals surface area contributed by atoms with Gasteiger partial charge in [-0.2, -0.15) is 0 Å². The SMILES string of the molecule is C=CCOC(=O)C[C@@H](NC(=O)OCC1c2ccccc2-c2ccccc21)C(=O)NCc1ccccc1. The number of carbonyl (C=O) groups is 3. The van der Waals surface area contributed by atoms with Crippen molar-refractivity contribution < 1.29 is 23.9 Å². The Hall–Kier alpha value is -4.39. The molecule has 7 heteroatoms. The molecular weight excluding hydrogens is 456 g/mol. The van der Waals surface area contributed by atoms with Gasteiger partial charge >= 0.3 is 12.1 Å². The summed E-state index contributed by atoms with van der Waals surface area (Å²) in [6.45, 7) is 3.87. The van der Waals surface area contributed by atoms with E-state index in [1.165, 1.54) is 6.08 Å². The minimum absolute atomic E-state index is 0.0160. The molecule has 184 valence electrons. The van der Waals surface area contributed by atoms with Crippen LogP contribution in [0.3, 0.4) is 0 Å². The van der Waals surface area contributed by atoms with Crippen LogP contribution < -0.4 is 10.6 Å². The van der Waals surface area contributed by atoms with Crippen LogP contribution in [0.2, 0.25) is 0 Å². The van der Waals surface area contributed by atoms with Crippen LogP contribution in [0, 0.1) is 0 Å². The van der Waals surface area contributed by atoms with E-state index in [1.807, 2.05) is 66.7 Å². The predicted molar refractivity (Wildman–Crippen MR) is 136 cm³/mol. The van der Waals surface area contributed by atoms with E-state index >= 15 is 0 Å². The Morgan fingerprint density at radius 2 is 1.47 bits per heavy atom. The highest BCUT2D eigenvalue weighted by Crippen LogP contribution is 2.44. The van der Waals surface area contributed by atoms with Crippen LogP contribution in [0.15, 0.2) is 91.5 Å². The van der Waals surface area contributed by atoms with Gasteiger partial charge in [0.15, 0.2) is 0 Å². The Morgan fingerprint density at radius 3 is 2.11 bits per heavy atom. The number of benzene rings is 3. The number of ether oxygens (including phenoxy) is 2. The number of hydrogen-bond acceptors (Lipinski definition) is 5. The molecule has 3 aromatic rings. The second-order valence-electron chi connectivity index (χ2n) is 8.40. The van der Waals surface area contributed by atoms with Gasteiger partial charge in [0.25, 0.3) is 0 Å². The first-order valence-electron chi connectivity index (χ1n) is 11.8. The van der Waals surface area contributed by atoms with E-state index < -0.39 is 24.0 Å². The van der Waals surface area contributed by atoms with Crippen LogP contribution in [-0.2, 0) is 25.6 Å². The Balaban J connectivity index is 1.40. The lowest BCUT2D eigenvalue weighted by atomic mass is 9.98. The number of amides is 2. The maximum Gasteiger partial charge on any atom is 0.407 e. The summed E-state index contributed by atoms with van der Waals surface area (Å²) >= 11 is 0. The minimum Gasteiger partial charge on any atom is -0.461 e. The van der Waals surface area contributed by atoms with Gasteiger partial charge in [-0.05, 0) is 27.8 Å². The molecule has 3 aromatic carbocycles. The molecule has 1 atom stereocenters. The van der Waals surface area contributed by atoms with Gasteiger partial charge in [0, 0.05) is 12.5 Å². The van der Waals surface area contributed by atoms with Crippen molar-refractivity contribution in [2.45, 2.75) is 24.9 Å². The Kier molecular flexibility index (Phi) is 8.13. The first-order valence-corrected chi connectivity index (χ1v) is 11.8. The number of nitrogens with one attached hydrogen (secondary N) is 2. The standard InChI is InChI=1S/C29H28N2O5/c1-2-16-35-27(32)17-26(28(33)30-18-20-10-4-3-5-11-20)31-29(34)36-19-25-23-14-8-6-12-21(23)22-13-7-9-15-24(22)25/h2-15,25-26H,1,16-19H2,(H,30,33)(H,31,34)/t26-/m1/s1. The lowest BCUT2D eigenvalue weighted by Crippen LogP contribution is -2.48. The third-order valence-corrected chi connectivity index (χ3v) is 5.99. The van der Waals surface area contributed by atoms with Gasteiger partial charge in [-0.1, -0.05) is 91.5 Å². The summed E-state index contributed by atoms with van der Waals surface area (Å²) in [5, 5.41) is 5.28. The Labute approximate surface area is 210 Å². The molecule has 0 bridgehead atoms. The molecule has 2 amide bonds. The van der Waals surface area contributed by atoms with Crippen LogP contribution in [-0.4, -0.2) is 37.2 Å². The second-order valence-corrected chi connectivity index (χ2v) is 8.40. The molecule has 1 aliphatic carbocycles. The maximum absolute atomic E-state index is 12.8. The van der Waals surface area contributed by atoms with Crippen molar-refractivity contribution in [2.75, 3.05) is 13.2 Å². The molecule has 0 saturated heterocycles.